The first-order valence-corrected chi connectivity index (χ1v) is 5.96. The van der Waals surface area contributed by atoms with Crippen LogP contribution in [0.2, 0.25) is 5.02 Å². The zero-order valence-corrected chi connectivity index (χ0v) is 10.8. The molecule has 1 N–H and O–H groups in total. The predicted octanol–water partition coefficient (Wildman–Crippen LogP) is 0.858. The Morgan fingerprint density at radius 3 is 2.94 bits per heavy atom. The van der Waals surface area contributed by atoms with Gasteiger partial charge < -0.3 is 5.32 Å². The van der Waals surface area contributed by atoms with Crippen LogP contribution in [0.4, 0.5) is 0 Å². The van der Waals surface area contributed by atoms with E-state index in [9.17, 15) is 4.79 Å². The third kappa shape index (κ3) is 3.59. The number of nitrogens with one attached hydrogen (secondary N) is 1. The lowest BCUT2D eigenvalue weighted by molar-refractivity contribution is -0.121. The second kappa shape index (κ2) is 5.68. The van der Waals surface area contributed by atoms with E-state index in [2.05, 4.69) is 15.5 Å². The third-order valence-corrected chi connectivity index (χ3v) is 2.54. The molecule has 2 rings (SSSR count). The van der Waals surface area contributed by atoms with E-state index >= 15 is 0 Å². The Labute approximate surface area is 110 Å². The van der Waals surface area contributed by atoms with Crippen molar-refractivity contribution in [2.24, 2.45) is 0 Å². The van der Waals surface area contributed by atoms with Crippen LogP contribution in [0.25, 0.3) is 0 Å². The Morgan fingerprint density at radius 2 is 2.33 bits per heavy atom. The number of nitrogens with zero attached hydrogens (tertiary/aromatic N) is 4. The van der Waals surface area contributed by atoms with Crippen LogP contribution >= 0.6 is 11.6 Å². The molecule has 0 saturated carbocycles. The quantitative estimate of drug-likeness (QED) is 0.874. The maximum Gasteiger partial charge on any atom is 0.241 e. The van der Waals surface area contributed by atoms with Gasteiger partial charge in [0.2, 0.25) is 5.91 Å². The smallest absolute Gasteiger partial charge is 0.241 e. The summed E-state index contributed by atoms with van der Waals surface area (Å²) >= 11 is 5.73. The van der Waals surface area contributed by atoms with Crippen molar-refractivity contribution in [3.8, 4) is 0 Å². The molecule has 2 aromatic heterocycles. The number of carbonyl (C=O) groups excluding carboxylic acids is 1. The molecule has 0 aliphatic rings. The summed E-state index contributed by atoms with van der Waals surface area (Å²) in [6.07, 6.45) is 5.06. The van der Waals surface area contributed by atoms with Gasteiger partial charge >= 0.3 is 0 Å². The molecule has 0 saturated heterocycles. The highest BCUT2D eigenvalue weighted by Gasteiger charge is 2.03. The van der Waals surface area contributed by atoms with Crippen molar-refractivity contribution in [1.29, 1.82) is 0 Å². The van der Waals surface area contributed by atoms with E-state index in [-0.39, 0.29) is 12.5 Å². The van der Waals surface area contributed by atoms with Crippen LogP contribution in [-0.4, -0.2) is 32.0 Å². The van der Waals surface area contributed by atoms with Gasteiger partial charge in [0.15, 0.2) is 0 Å². The van der Waals surface area contributed by atoms with Gasteiger partial charge in [-0.1, -0.05) is 11.6 Å². The summed E-state index contributed by atoms with van der Waals surface area (Å²) in [6, 6.07) is 1.86. The van der Waals surface area contributed by atoms with E-state index in [1.165, 1.54) is 0 Å². The van der Waals surface area contributed by atoms with Gasteiger partial charge in [0, 0.05) is 18.9 Å². The van der Waals surface area contributed by atoms with Crippen molar-refractivity contribution < 1.29 is 4.79 Å². The minimum absolute atomic E-state index is 0.0728. The molecule has 0 atom stereocenters. The minimum atomic E-state index is -0.0728. The number of hydrogen-bond acceptors (Lipinski definition) is 3. The van der Waals surface area contributed by atoms with Crippen LogP contribution < -0.4 is 5.32 Å². The molecular formula is C11H14ClN5O. The number of carbonyl (C=O) groups is 1. The fourth-order valence-corrected chi connectivity index (χ4v) is 1.68. The number of amides is 1. The van der Waals surface area contributed by atoms with Gasteiger partial charge in [-0.2, -0.15) is 10.2 Å². The van der Waals surface area contributed by atoms with Gasteiger partial charge in [-0.15, -0.1) is 0 Å². The number of hydrogen-bond donors (Lipinski definition) is 1. The average Bonchev–Trinajstić information content (AvgIpc) is 2.88. The lowest BCUT2D eigenvalue weighted by atomic mass is 10.5. The van der Waals surface area contributed by atoms with Crippen LogP contribution in [0, 0.1) is 6.92 Å². The molecule has 0 aliphatic heterocycles. The zero-order chi connectivity index (χ0) is 13.0. The summed E-state index contributed by atoms with van der Waals surface area (Å²) in [7, 11) is 0. The molecule has 96 valence electrons. The Balaban J connectivity index is 1.72. The summed E-state index contributed by atoms with van der Waals surface area (Å²) in [5.41, 5.74) is 0.897. The van der Waals surface area contributed by atoms with Crippen molar-refractivity contribution in [3.05, 3.63) is 35.4 Å². The third-order valence-electron chi connectivity index (χ3n) is 2.34. The highest BCUT2D eigenvalue weighted by Crippen LogP contribution is 2.03. The van der Waals surface area contributed by atoms with E-state index in [0.29, 0.717) is 18.1 Å². The van der Waals surface area contributed by atoms with Crippen molar-refractivity contribution in [1.82, 2.24) is 24.9 Å². The number of halogens is 1. The molecule has 0 spiro atoms. The molecule has 0 radical (unpaired) electrons. The molecule has 7 heteroatoms. The molecule has 2 heterocycles. The lowest BCUT2D eigenvalue weighted by Gasteiger charge is -2.05. The fraction of sp³-hybridized carbons (Fsp3) is 0.364. The maximum atomic E-state index is 11.6. The molecule has 0 bridgehead atoms. The molecule has 1 amide bonds. The molecular weight excluding hydrogens is 254 g/mol. The van der Waals surface area contributed by atoms with Gasteiger partial charge in [-0.25, -0.2) is 0 Å². The van der Waals surface area contributed by atoms with Crippen molar-refractivity contribution in [2.45, 2.75) is 20.0 Å². The van der Waals surface area contributed by atoms with Gasteiger partial charge in [-0.3, -0.25) is 14.2 Å². The highest BCUT2D eigenvalue weighted by molar-refractivity contribution is 6.30. The highest BCUT2D eigenvalue weighted by atomic mass is 35.5. The fourth-order valence-electron chi connectivity index (χ4n) is 1.52. The van der Waals surface area contributed by atoms with Gasteiger partial charge in [-0.05, 0) is 13.0 Å². The molecule has 0 aliphatic carbocycles. The van der Waals surface area contributed by atoms with Crippen LogP contribution in [0.3, 0.4) is 0 Å². The monoisotopic (exact) mass is 267 g/mol. The van der Waals surface area contributed by atoms with Gasteiger partial charge in [0.1, 0.15) is 6.54 Å². The molecule has 18 heavy (non-hydrogen) atoms. The molecule has 6 nitrogen and oxygen atoms in total. The van der Waals surface area contributed by atoms with Crippen LogP contribution in [0.1, 0.15) is 5.69 Å². The topological polar surface area (TPSA) is 64.7 Å². The van der Waals surface area contributed by atoms with Gasteiger partial charge in [0.05, 0.1) is 23.5 Å². The first-order valence-electron chi connectivity index (χ1n) is 5.58. The minimum Gasteiger partial charge on any atom is -0.353 e. The Bertz CT molecular complexity index is 533. The van der Waals surface area contributed by atoms with E-state index < -0.39 is 0 Å². The Morgan fingerprint density at radius 1 is 1.50 bits per heavy atom. The molecule has 0 fully saturated rings. The summed E-state index contributed by atoms with van der Waals surface area (Å²) in [5.74, 6) is -0.0728. The Hall–Kier alpha value is -1.82. The van der Waals surface area contributed by atoms with Crippen LogP contribution in [0.15, 0.2) is 24.7 Å². The van der Waals surface area contributed by atoms with Crippen molar-refractivity contribution >= 4 is 17.5 Å². The summed E-state index contributed by atoms with van der Waals surface area (Å²) < 4.78 is 3.29. The second-order valence-electron chi connectivity index (χ2n) is 3.93. The maximum absolute atomic E-state index is 11.6. The van der Waals surface area contributed by atoms with E-state index in [4.69, 9.17) is 11.6 Å². The van der Waals surface area contributed by atoms with E-state index in [1.807, 2.05) is 13.0 Å². The summed E-state index contributed by atoms with van der Waals surface area (Å²) in [5, 5.41) is 11.5. The number of aromatic nitrogens is 4. The molecule has 0 aromatic carbocycles. The summed E-state index contributed by atoms with van der Waals surface area (Å²) in [4.78, 5) is 11.6. The van der Waals surface area contributed by atoms with Crippen molar-refractivity contribution in [3.63, 3.8) is 0 Å². The summed E-state index contributed by atoms with van der Waals surface area (Å²) in [6.45, 7) is 3.22. The SMILES string of the molecule is Cc1ccn(CC(=O)NCCn2cc(Cl)cn2)n1. The Kier molecular flexibility index (Phi) is 3.99. The number of aryl methyl sites for hydroxylation is 1. The normalized spacial score (nSPS) is 10.6. The van der Waals surface area contributed by atoms with E-state index in [0.717, 1.165) is 5.69 Å². The molecule has 0 unspecified atom stereocenters. The van der Waals surface area contributed by atoms with Crippen molar-refractivity contribution in [2.75, 3.05) is 6.54 Å². The zero-order valence-electron chi connectivity index (χ0n) is 10.0. The average molecular weight is 268 g/mol. The first kappa shape index (κ1) is 12.6. The molecule has 2 aromatic rings. The van der Waals surface area contributed by atoms with E-state index in [1.54, 1.807) is 28.0 Å². The predicted molar refractivity (Wildman–Crippen MR) is 67.2 cm³/mol. The van der Waals surface area contributed by atoms with Gasteiger partial charge in [0.25, 0.3) is 0 Å². The van der Waals surface area contributed by atoms with Crippen LogP contribution in [0.5, 0.6) is 0 Å². The lowest BCUT2D eigenvalue weighted by Crippen LogP contribution is -2.30. The largest absolute Gasteiger partial charge is 0.353 e. The second-order valence-corrected chi connectivity index (χ2v) is 4.36. The number of rotatable bonds is 5. The van der Waals surface area contributed by atoms with Crippen LogP contribution in [-0.2, 0) is 17.9 Å². The first-order chi connectivity index (χ1) is 8.63. The standard InChI is InChI=1S/C11H14ClN5O/c1-9-2-4-17(15-9)8-11(18)13-3-5-16-7-10(12)6-14-16/h2,4,6-7H,3,5,8H2,1H3,(H,13,18).